The molecule has 0 saturated carbocycles. The molecule has 220 valence electrons. The highest BCUT2D eigenvalue weighted by Crippen LogP contribution is 2.30. The van der Waals surface area contributed by atoms with Crippen molar-refractivity contribution in [2.45, 2.75) is 112 Å². The van der Waals surface area contributed by atoms with Gasteiger partial charge in [0, 0.05) is 12.8 Å². The van der Waals surface area contributed by atoms with Crippen molar-refractivity contribution >= 4 is 24.1 Å². The Labute approximate surface area is 231 Å². The van der Waals surface area contributed by atoms with Crippen LogP contribution >= 0.6 is 0 Å². The van der Waals surface area contributed by atoms with Gasteiger partial charge < -0.3 is 29.4 Å². The fourth-order valence-electron chi connectivity index (χ4n) is 3.09. The lowest BCUT2D eigenvalue weighted by Gasteiger charge is -2.23. The van der Waals surface area contributed by atoms with Gasteiger partial charge in [0.05, 0.1) is 6.61 Å². The predicted octanol–water partition coefficient (Wildman–Crippen LogP) is 5.27. The molecule has 1 aromatic rings. The Morgan fingerprint density at radius 1 is 0.846 bits per heavy atom. The summed E-state index contributed by atoms with van der Waals surface area (Å²) in [5.74, 6) is -1.37. The van der Waals surface area contributed by atoms with Gasteiger partial charge in [-0.1, -0.05) is 53.5 Å². The van der Waals surface area contributed by atoms with Crippen molar-refractivity contribution in [3.8, 4) is 11.5 Å². The molecular weight excluding hydrogens is 506 g/mol. The first-order valence-corrected chi connectivity index (χ1v) is 13.6. The number of nitrogens with two attached hydrogens (primary N) is 1. The van der Waals surface area contributed by atoms with Gasteiger partial charge in [0.25, 0.3) is 0 Å². The Kier molecular flexibility index (Phi) is 14.5. The number of hydrogen-bond donors (Lipinski definition) is 1. The maximum absolute atomic E-state index is 12.6. The van der Waals surface area contributed by atoms with Gasteiger partial charge in [-0.25, -0.2) is 4.79 Å². The average molecular weight is 552 g/mol. The summed E-state index contributed by atoms with van der Waals surface area (Å²) in [6, 6.07) is 3.63. The molecule has 2 N–H and O–H groups in total. The molecule has 0 radical (unpaired) electrons. The summed E-state index contributed by atoms with van der Waals surface area (Å²) in [6.07, 6.45) is 1.16. The van der Waals surface area contributed by atoms with E-state index in [0.29, 0.717) is 18.4 Å². The molecule has 0 unspecified atom stereocenters. The van der Waals surface area contributed by atoms with Crippen LogP contribution in [0.2, 0.25) is 0 Å². The quantitative estimate of drug-likeness (QED) is 0.226. The van der Waals surface area contributed by atoms with E-state index in [4.69, 9.17) is 29.4 Å². The van der Waals surface area contributed by atoms with Crippen LogP contribution in [0, 0.1) is 5.41 Å². The van der Waals surface area contributed by atoms with E-state index < -0.39 is 42.3 Å². The first-order chi connectivity index (χ1) is 18.2. The summed E-state index contributed by atoms with van der Waals surface area (Å²) in [4.78, 5) is 49.0. The molecule has 1 rings (SSSR count). The molecule has 3 atom stereocenters. The zero-order valence-electron chi connectivity index (χ0n) is 24.4. The molecule has 0 bridgehead atoms. The maximum atomic E-state index is 12.6. The molecule has 10 heteroatoms. The third-order valence-corrected chi connectivity index (χ3v) is 5.55. The summed E-state index contributed by atoms with van der Waals surface area (Å²) in [5, 5.41) is 0. The van der Waals surface area contributed by atoms with E-state index in [1.165, 1.54) is 12.1 Å². The lowest BCUT2D eigenvalue weighted by atomic mass is 9.99. The van der Waals surface area contributed by atoms with E-state index >= 15 is 0 Å². The van der Waals surface area contributed by atoms with Gasteiger partial charge in [-0.15, -0.1) is 0 Å². The summed E-state index contributed by atoms with van der Waals surface area (Å²) in [5.41, 5.74) is 6.45. The zero-order chi connectivity index (χ0) is 29.6. The highest BCUT2D eigenvalue weighted by atomic mass is 16.7. The summed E-state index contributed by atoms with van der Waals surface area (Å²) in [6.45, 7) is 13.0. The molecule has 0 aliphatic carbocycles. The predicted molar refractivity (Wildman–Crippen MR) is 145 cm³/mol. The Balaban J connectivity index is 2.83. The van der Waals surface area contributed by atoms with E-state index in [9.17, 15) is 19.2 Å². The summed E-state index contributed by atoms with van der Waals surface area (Å²) in [7, 11) is 0. The Bertz CT molecular complexity index is 955. The van der Waals surface area contributed by atoms with Crippen LogP contribution in [-0.2, 0) is 35.0 Å². The van der Waals surface area contributed by atoms with Gasteiger partial charge in [-0.3, -0.25) is 14.4 Å². The Hall–Kier alpha value is -3.14. The molecule has 39 heavy (non-hydrogen) atoms. The molecule has 0 saturated heterocycles. The van der Waals surface area contributed by atoms with E-state index in [0.717, 1.165) is 12.8 Å². The third-order valence-electron chi connectivity index (χ3n) is 5.55. The van der Waals surface area contributed by atoms with Crippen molar-refractivity contribution in [2.75, 3.05) is 6.61 Å². The minimum atomic E-state index is -1.05. The van der Waals surface area contributed by atoms with E-state index in [1.807, 2.05) is 34.6 Å². The second-order valence-electron chi connectivity index (χ2n) is 10.8. The van der Waals surface area contributed by atoms with E-state index in [-0.39, 0.29) is 42.8 Å². The van der Waals surface area contributed by atoms with Crippen molar-refractivity contribution < 1.29 is 42.9 Å². The van der Waals surface area contributed by atoms with Crippen LogP contribution in [-0.4, -0.2) is 48.9 Å². The fraction of sp³-hybridized carbons (Fsp3) is 0.655. The molecule has 10 nitrogen and oxygen atoms in total. The van der Waals surface area contributed by atoms with Crippen LogP contribution in [0.15, 0.2) is 18.2 Å². The third kappa shape index (κ3) is 14.0. The van der Waals surface area contributed by atoms with Gasteiger partial charge in [-0.2, -0.15) is 0 Å². The molecule has 0 spiro atoms. The van der Waals surface area contributed by atoms with E-state index in [1.54, 1.807) is 19.9 Å². The highest BCUT2D eigenvalue weighted by molar-refractivity contribution is 5.77. The number of benzene rings is 1. The Morgan fingerprint density at radius 2 is 1.38 bits per heavy atom. The molecule has 0 aliphatic heterocycles. The van der Waals surface area contributed by atoms with Crippen LogP contribution in [0.5, 0.6) is 11.5 Å². The molecule has 0 aromatic heterocycles. The van der Waals surface area contributed by atoms with Crippen molar-refractivity contribution in [3.05, 3.63) is 23.8 Å². The molecular formula is C29H45NO9. The van der Waals surface area contributed by atoms with Gasteiger partial charge in [-0.05, 0) is 56.2 Å². The molecule has 0 heterocycles. The van der Waals surface area contributed by atoms with Crippen molar-refractivity contribution in [3.63, 3.8) is 0 Å². The normalized spacial score (nSPS) is 13.5. The topological polar surface area (TPSA) is 140 Å². The summed E-state index contributed by atoms with van der Waals surface area (Å²) >= 11 is 0. The monoisotopic (exact) mass is 551 g/mol. The zero-order valence-corrected chi connectivity index (χ0v) is 24.4. The van der Waals surface area contributed by atoms with Gasteiger partial charge in [0.2, 0.25) is 0 Å². The lowest BCUT2D eigenvalue weighted by molar-refractivity contribution is -0.155. The summed E-state index contributed by atoms with van der Waals surface area (Å²) < 4.78 is 26.6. The molecule has 1 aromatic carbocycles. The van der Waals surface area contributed by atoms with Crippen molar-refractivity contribution in [1.82, 2.24) is 0 Å². The minimum absolute atomic E-state index is 0.0674. The number of hydrogen-bond acceptors (Lipinski definition) is 10. The van der Waals surface area contributed by atoms with Crippen molar-refractivity contribution in [2.24, 2.45) is 11.1 Å². The Morgan fingerprint density at radius 3 is 1.92 bits per heavy atom. The van der Waals surface area contributed by atoms with Crippen LogP contribution < -0.4 is 15.2 Å². The van der Waals surface area contributed by atoms with Gasteiger partial charge >= 0.3 is 24.1 Å². The van der Waals surface area contributed by atoms with Crippen molar-refractivity contribution in [1.29, 1.82) is 0 Å². The molecule has 0 amide bonds. The number of carbonyl (C=O) groups excluding carboxylic acids is 4. The largest absolute Gasteiger partial charge is 0.508 e. The van der Waals surface area contributed by atoms with Gasteiger partial charge in [0.15, 0.2) is 11.5 Å². The highest BCUT2D eigenvalue weighted by Gasteiger charge is 2.26. The fourth-order valence-corrected chi connectivity index (χ4v) is 3.09. The first kappa shape index (κ1) is 33.9. The van der Waals surface area contributed by atoms with Crippen LogP contribution in [0.1, 0.15) is 92.6 Å². The number of unbranched alkanes of at least 4 members (excludes halogenated alkanes) is 2. The second-order valence-corrected chi connectivity index (χ2v) is 10.8. The number of ether oxygens (including phenoxy) is 5. The SMILES string of the molecule is CCCCC(=O)Oc1ccc(C[C@H](N)C(=O)O[C@@H](C)[C@H](C)OC(=O)OCC(C)(C)C)cc1OC(=O)CCCC. The van der Waals surface area contributed by atoms with Crippen LogP contribution in [0.25, 0.3) is 0 Å². The number of rotatable bonds is 15. The minimum Gasteiger partial charge on any atom is -0.458 e. The smallest absolute Gasteiger partial charge is 0.458 e. The number of esters is 3. The number of carbonyl (C=O) groups is 4. The van der Waals surface area contributed by atoms with Gasteiger partial charge in [0.1, 0.15) is 18.2 Å². The standard InChI is InChI=1S/C29H45NO9/c1-8-10-12-25(31)38-23-15-14-21(17-24(23)39-26(32)13-11-9-2)16-22(30)27(33)36-19(3)20(4)37-28(34)35-18-29(5,6)7/h14-15,17,19-20,22H,8-13,16,18,30H2,1-7H3/t19-,20-,22-/m0/s1. The molecule has 0 aliphatic rings. The van der Waals surface area contributed by atoms with Crippen LogP contribution in [0.4, 0.5) is 4.79 Å². The first-order valence-electron chi connectivity index (χ1n) is 13.6. The second kappa shape index (κ2) is 16.7. The average Bonchev–Trinajstić information content (AvgIpc) is 2.85. The van der Waals surface area contributed by atoms with E-state index in [2.05, 4.69) is 0 Å². The molecule has 0 fully saturated rings. The van der Waals surface area contributed by atoms with Crippen LogP contribution in [0.3, 0.4) is 0 Å². The maximum Gasteiger partial charge on any atom is 0.508 e. The lowest BCUT2D eigenvalue weighted by Crippen LogP contribution is -2.39.